The summed E-state index contributed by atoms with van der Waals surface area (Å²) in [5, 5.41) is 2.98. The molecule has 0 amide bonds. The Bertz CT molecular complexity index is 540. The minimum absolute atomic E-state index is 0.0256. The first-order valence-corrected chi connectivity index (χ1v) is 8.12. The predicted octanol–water partition coefficient (Wildman–Crippen LogP) is 2.12. The molecule has 0 bridgehead atoms. The van der Waals surface area contributed by atoms with E-state index in [1.165, 1.54) is 12.1 Å². The van der Waals surface area contributed by atoms with Crippen molar-refractivity contribution in [1.82, 2.24) is 10.0 Å². The fourth-order valence-electron chi connectivity index (χ4n) is 1.56. The number of sulfonamides is 1. The molecule has 8 heteroatoms. The molecule has 0 radical (unpaired) electrons. The molecule has 1 rings (SSSR count). The van der Waals surface area contributed by atoms with Crippen LogP contribution in [0.3, 0.4) is 0 Å². The number of halogens is 3. The van der Waals surface area contributed by atoms with Crippen LogP contribution in [-0.2, 0) is 22.7 Å². The highest BCUT2D eigenvalue weighted by Gasteiger charge is 2.29. The summed E-state index contributed by atoms with van der Waals surface area (Å²) in [4.78, 5) is 0. The second-order valence-corrected chi connectivity index (χ2v) is 6.87. The smallest absolute Gasteiger partial charge is 0.313 e. The Morgan fingerprint density at radius 2 is 1.71 bits per heavy atom. The van der Waals surface area contributed by atoms with Gasteiger partial charge in [0, 0.05) is 19.1 Å². The third kappa shape index (κ3) is 6.92. The van der Waals surface area contributed by atoms with E-state index in [0.29, 0.717) is 12.1 Å². The van der Waals surface area contributed by atoms with Crippen molar-refractivity contribution < 1.29 is 21.6 Å². The van der Waals surface area contributed by atoms with Gasteiger partial charge >= 0.3 is 6.18 Å². The number of hydrogen-bond donors (Lipinski definition) is 2. The molecule has 0 saturated heterocycles. The Balaban J connectivity index is 2.51. The molecule has 0 saturated carbocycles. The second-order valence-electron chi connectivity index (χ2n) is 4.94. The Morgan fingerprint density at radius 3 is 2.19 bits per heavy atom. The van der Waals surface area contributed by atoms with Crippen molar-refractivity contribution in [2.75, 3.05) is 12.3 Å². The molecule has 0 spiro atoms. The normalized spacial score (nSPS) is 12.9. The van der Waals surface area contributed by atoms with Crippen LogP contribution in [0.2, 0.25) is 0 Å². The minimum Gasteiger partial charge on any atom is -0.313 e. The Kier molecular flexibility index (Phi) is 6.18. The lowest BCUT2D eigenvalue weighted by Gasteiger charge is -2.10. The zero-order valence-electron chi connectivity index (χ0n) is 11.9. The highest BCUT2D eigenvalue weighted by Crippen LogP contribution is 2.29. The van der Waals surface area contributed by atoms with Crippen molar-refractivity contribution in [3.05, 3.63) is 35.4 Å². The quantitative estimate of drug-likeness (QED) is 0.808. The van der Waals surface area contributed by atoms with Gasteiger partial charge in [0.2, 0.25) is 10.0 Å². The highest BCUT2D eigenvalue weighted by atomic mass is 32.2. The van der Waals surface area contributed by atoms with Gasteiger partial charge in [-0.2, -0.15) is 13.2 Å². The van der Waals surface area contributed by atoms with Crippen LogP contribution >= 0.6 is 0 Å². The SMILES string of the molecule is CC(C)NCCS(=O)(=O)NCc1ccc(C(F)(F)F)cc1. The van der Waals surface area contributed by atoms with E-state index in [4.69, 9.17) is 0 Å². The zero-order chi connectivity index (χ0) is 16.1. The molecule has 0 aliphatic heterocycles. The Morgan fingerprint density at radius 1 is 1.14 bits per heavy atom. The molecule has 21 heavy (non-hydrogen) atoms. The molecule has 0 aliphatic carbocycles. The number of hydrogen-bond acceptors (Lipinski definition) is 3. The van der Waals surface area contributed by atoms with Crippen LogP contribution in [0.5, 0.6) is 0 Å². The van der Waals surface area contributed by atoms with Crippen molar-refractivity contribution in [2.24, 2.45) is 0 Å². The lowest BCUT2D eigenvalue weighted by molar-refractivity contribution is -0.137. The van der Waals surface area contributed by atoms with Crippen molar-refractivity contribution >= 4 is 10.0 Å². The van der Waals surface area contributed by atoms with Crippen LogP contribution in [0, 0.1) is 0 Å². The molecular formula is C13H19F3N2O2S. The average Bonchev–Trinajstić information content (AvgIpc) is 2.35. The molecule has 4 nitrogen and oxygen atoms in total. The van der Waals surface area contributed by atoms with Crippen molar-refractivity contribution in [2.45, 2.75) is 32.6 Å². The standard InChI is InChI=1S/C13H19F3N2O2S/c1-10(2)17-7-8-21(19,20)18-9-11-3-5-12(6-4-11)13(14,15)16/h3-6,10,17-18H,7-9H2,1-2H3. The molecule has 120 valence electrons. The average molecular weight is 324 g/mol. The molecule has 1 aromatic carbocycles. The fourth-order valence-corrected chi connectivity index (χ4v) is 2.48. The van der Waals surface area contributed by atoms with Crippen LogP contribution in [0.4, 0.5) is 13.2 Å². The van der Waals surface area contributed by atoms with Crippen molar-refractivity contribution in [3.8, 4) is 0 Å². The lowest BCUT2D eigenvalue weighted by Crippen LogP contribution is -2.34. The Hall–Kier alpha value is -1.12. The molecule has 0 aromatic heterocycles. The molecule has 2 N–H and O–H groups in total. The van der Waals surface area contributed by atoms with Gasteiger partial charge in [-0.25, -0.2) is 13.1 Å². The van der Waals surface area contributed by atoms with Gasteiger partial charge in [0.05, 0.1) is 11.3 Å². The summed E-state index contributed by atoms with van der Waals surface area (Å²) in [7, 11) is -3.45. The maximum Gasteiger partial charge on any atom is 0.416 e. The summed E-state index contributed by atoms with van der Waals surface area (Å²) < 4.78 is 62.9. The Labute approximate surface area is 122 Å². The van der Waals surface area contributed by atoms with Gasteiger partial charge in [-0.15, -0.1) is 0 Å². The zero-order valence-corrected chi connectivity index (χ0v) is 12.7. The largest absolute Gasteiger partial charge is 0.416 e. The first kappa shape index (κ1) is 17.9. The number of nitrogens with one attached hydrogen (secondary N) is 2. The van der Waals surface area contributed by atoms with E-state index in [9.17, 15) is 21.6 Å². The summed E-state index contributed by atoms with van der Waals surface area (Å²) >= 11 is 0. The first-order valence-electron chi connectivity index (χ1n) is 6.47. The summed E-state index contributed by atoms with van der Waals surface area (Å²) in [6, 6.07) is 4.58. The third-order valence-electron chi connectivity index (χ3n) is 2.70. The lowest BCUT2D eigenvalue weighted by atomic mass is 10.1. The summed E-state index contributed by atoms with van der Waals surface area (Å²) in [6.45, 7) is 4.10. The van der Waals surface area contributed by atoms with Gasteiger partial charge in [-0.3, -0.25) is 0 Å². The first-order chi connectivity index (χ1) is 9.60. The van der Waals surface area contributed by atoms with Crippen molar-refractivity contribution in [3.63, 3.8) is 0 Å². The molecule has 0 unspecified atom stereocenters. The molecule has 1 aromatic rings. The molecule has 0 fully saturated rings. The van der Waals surface area contributed by atoms with Crippen LogP contribution in [0.25, 0.3) is 0 Å². The highest BCUT2D eigenvalue weighted by molar-refractivity contribution is 7.89. The van der Waals surface area contributed by atoms with E-state index < -0.39 is 21.8 Å². The maximum atomic E-state index is 12.4. The van der Waals surface area contributed by atoms with Gasteiger partial charge in [0.15, 0.2) is 0 Å². The summed E-state index contributed by atoms with van der Waals surface area (Å²) in [5.74, 6) is -0.0776. The fraction of sp³-hybridized carbons (Fsp3) is 0.538. The van der Waals surface area contributed by atoms with E-state index in [2.05, 4.69) is 10.0 Å². The van der Waals surface area contributed by atoms with Crippen LogP contribution < -0.4 is 10.0 Å². The van der Waals surface area contributed by atoms with Crippen LogP contribution in [0.15, 0.2) is 24.3 Å². The van der Waals surface area contributed by atoms with Gasteiger partial charge in [-0.1, -0.05) is 26.0 Å². The second kappa shape index (κ2) is 7.24. The summed E-state index contributed by atoms with van der Waals surface area (Å²) in [6.07, 6.45) is -4.39. The van der Waals surface area contributed by atoms with Gasteiger partial charge in [0.25, 0.3) is 0 Å². The van der Waals surface area contributed by atoms with E-state index in [-0.39, 0.29) is 18.3 Å². The molecule has 0 atom stereocenters. The number of alkyl halides is 3. The predicted molar refractivity (Wildman–Crippen MR) is 75.2 cm³/mol. The maximum absolute atomic E-state index is 12.4. The topological polar surface area (TPSA) is 58.2 Å². The van der Waals surface area contributed by atoms with E-state index in [0.717, 1.165) is 12.1 Å². The van der Waals surface area contributed by atoms with Crippen molar-refractivity contribution in [1.29, 1.82) is 0 Å². The van der Waals surface area contributed by atoms with Crippen LogP contribution in [0.1, 0.15) is 25.0 Å². The summed E-state index contributed by atoms with van der Waals surface area (Å²) in [5.41, 5.74) is -0.279. The monoisotopic (exact) mass is 324 g/mol. The van der Waals surface area contributed by atoms with Gasteiger partial charge < -0.3 is 5.32 Å². The molecule has 0 aliphatic rings. The van der Waals surface area contributed by atoms with Crippen LogP contribution in [-0.4, -0.2) is 26.8 Å². The number of benzene rings is 1. The number of rotatable bonds is 7. The third-order valence-corrected chi connectivity index (χ3v) is 4.03. The van der Waals surface area contributed by atoms with E-state index >= 15 is 0 Å². The molecular weight excluding hydrogens is 305 g/mol. The van der Waals surface area contributed by atoms with E-state index in [1.807, 2.05) is 13.8 Å². The van der Waals surface area contributed by atoms with Gasteiger partial charge in [0.1, 0.15) is 0 Å². The van der Waals surface area contributed by atoms with Gasteiger partial charge in [-0.05, 0) is 17.7 Å². The molecule has 0 heterocycles. The minimum atomic E-state index is -4.39. The van der Waals surface area contributed by atoms with E-state index in [1.54, 1.807) is 0 Å².